The Morgan fingerprint density at radius 1 is 1.53 bits per heavy atom. The van der Waals surface area contributed by atoms with Gasteiger partial charge in [-0.25, -0.2) is 0 Å². The Balaban J connectivity index is 3.63. The molecule has 0 spiro atoms. The summed E-state index contributed by atoms with van der Waals surface area (Å²) in [5.74, 6) is -1.42. The molecule has 0 unspecified atom stereocenters. The molecule has 0 aliphatic heterocycles. The quantitative estimate of drug-likeness (QED) is 0.439. The third-order valence-corrected chi connectivity index (χ3v) is 2.40. The Kier molecular flexibility index (Phi) is 2.95. The molecule has 0 saturated carbocycles. The largest absolute Gasteiger partial charge is 0.867 e. The van der Waals surface area contributed by atoms with E-state index in [2.05, 4.69) is 0 Å². The lowest BCUT2D eigenvalue weighted by atomic mass is 10.1. The van der Waals surface area contributed by atoms with Crippen LogP contribution in [0.4, 0.5) is 5.69 Å². The summed E-state index contributed by atoms with van der Waals surface area (Å²) in [4.78, 5) is 20.8. The molecule has 0 heterocycles. The highest BCUT2D eigenvalue weighted by molar-refractivity contribution is 6.32. The summed E-state index contributed by atoms with van der Waals surface area (Å²) in [6.07, 6.45) is 0. The molecule has 0 saturated heterocycles. The van der Waals surface area contributed by atoms with Crippen molar-refractivity contribution in [2.75, 3.05) is 0 Å². The van der Waals surface area contributed by atoms with Gasteiger partial charge in [0.05, 0.1) is 9.95 Å². The van der Waals surface area contributed by atoms with Gasteiger partial charge < -0.3 is 5.11 Å². The highest BCUT2D eigenvalue weighted by Crippen LogP contribution is 2.35. The molecular formula is C9H7ClNO4-. The molecule has 1 aromatic rings. The molecule has 0 N–H and O–H groups in total. The number of benzene rings is 1. The third-order valence-electron chi connectivity index (χ3n) is 2.01. The van der Waals surface area contributed by atoms with Crippen molar-refractivity contribution in [3.63, 3.8) is 0 Å². The van der Waals surface area contributed by atoms with E-state index in [1.54, 1.807) is 0 Å². The van der Waals surface area contributed by atoms with E-state index >= 15 is 0 Å². The number of halogens is 1. The summed E-state index contributed by atoms with van der Waals surface area (Å²) in [6, 6.07) is 1.16. The van der Waals surface area contributed by atoms with Crippen LogP contribution in [-0.4, -0.2) is 10.7 Å². The maximum Gasteiger partial charge on any atom is 0.266 e. The molecule has 80 valence electrons. The van der Waals surface area contributed by atoms with E-state index in [0.29, 0.717) is 0 Å². The number of nitro benzene ring substituents is 1. The van der Waals surface area contributed by atoms with Crippen LogP contribution in [0.5, 0.6) is 5.75 Å². The first-order valence-corrected chi connectivity index (χ1v) is 4.39. The van der Waals surface area contributed by atoms with E-state index in [4.69, 9.17) is 11.6 Å². The SMILES string of the molecule is CC(=O)c1cc(Cl)c(C)c([N+](=O)[O-])c1[O-]. The highest BCUT2D eigenvalue weighted by atomic mass is 35.5. The molecule has 6 heteroatoms. The van der Waals surface area contributed by atoms with Crippen LogP contribution in [0, 0.1) is 17.0 Å². The van der Waals surface area contributed by atoms with Crippen LogP contribution >= 0.6 is 11.6 Å². The number of nitro groups is 1. The Labute approximate surface area is 90.4 Å². The molecular weight excluding hydrogens is 222 g/mol. The first-order valence-electron chi connectivity index (χ1n) is 4.01. The molecule has 0 aliphatic carbocycles. The van der Waals surface area contributed by atoms with Crippen LogP contribution in [0.1, 0.15) is 22.8 Å². The van der Waals surface area contributed by atoms with E-state index < -0.39 is 22.1 Å². The normalized spacial score (nSPS) is 10.1. The first-order chi connectivity index (χ1) is 6.86. The Hall–Kier alpha value is -1.62. The second-order valence-corrected chi connectivity index (χ2v) is 3.43. The van der Waals surface area contributed by atoms with Gasteiger partial charge in [-0.2, -0.15) is 0 Å². The molecule has 0 amide bonds. The van der Waals surface area contributed by atoms with Gasteiger partial charge in [0, 0.05) is 11.1 Å². The van der Waals surface area contributed by atoms with Gasteiger partial charge in [-0.1, -0.05) is 11.6 Å². The monoisotopic (exact) mass is 228 g/mol. The van der Waals surface area contributed by atoms with Crippen molar-refractivity contribution in [3.05, 3.63) is 32.3 Å². The zero-order chi connectivity index (χ0) is 11.7. The van der Waals surface area contributed by atoms with Crippen molar-refractivity contribution in [2.45, 2.75) is 13.8 Å². The predicted molar refractivity (Wildman–Crippen MR) is 52.3 cm³/mol. The van der Waals surface area contributed by atoms with E-state index in [0.717, 1.165) is 13.0 Å². The van der Waals surface area contributed by atoms with Crippen molar-refractivity contribution < 1.29 is 14.8 Å². The van der Waals surface area contributed by atoms with Crippen molar-refractivity contribution in [2.24, 2.45) is 0 Å². The van der Waals surface area contributed by atoms with Gasteiger partial charge >= 0.3 is 0 Å². The number of ketones is 1. The van der Waals surface area contributed by atoms with Crippen molar-refractivity contribution >= 4 is 23.1 Å². The van der Waals surface area contributed by atoms with Crippen molar-refractivity contribution in [1.29, 1.82) is 0 Å². The zero-order valence-corrected chi connectivity index (χ0v) is 8.79. The fraction of sp³-hybridized carbons (Fsp3) is 0.222. The Morgan fingerprint density at radius 2 is 2.07 bits per heavy atom. The summed E-state index contributed by atoms with van der Waals surface area (Å²) in [7, 11) is 0. The number of hydrogen-bond donors (Lipinski definition) is 0. The minimum Gasteiger partial charge on any atom is -0.867 e. The fourth-order valence-corrected chi connectivity index (χ4v) is 1.39. The number of rotatable bonds is 2. The first kappa shape index (κ1) is 11.5. The van der Waals surface area contributed by atoms with Crippen LogP contribution < -0.4 is 5.11 Å². The molecule has 15 heavy (non-hydrogen) atoms. The molecule has 5 nitrogen and oxygen atoms in total. The average molecular weight is 229 g/mol. The van der Waals surface area contributed by atoms with Gasteiger partial charge in [0.15, 0.2) is 5.78 Å². The summed E-state index contributed by atoms with van der Waals surface area (Å²) >= 11 is 5.68. The molecule has 1 aromatic carbocycles. The molecule has 0 aliphatic rings. The number of nitrogens with zero attached hydrogens (tertiary/aromatic N) is 1. The van der Waals surface area contributed by atoms with E-state index in [-0.39, 0.29) is 16.1 Å². The predicted octanol–water partition coefficient (Wildman–Crippen LogP) is 1.83. The van der Waals surface area contributed by atoms with Crippen molar-refractivity contribution in [3.8, 4) is 5.75 Å². The fourth-order valence-electron chi connectivity index (χ4n) is 1.19. The Morgan fingerprint density at radius 3 is 2.47 bits per heavy atom. The third kappa shape index (κ3) is 1.92. The topological polar surface area (TPSA) is 83.3 Å². The van der Waals surface area contributed by atoms with Crippen LogP contribution in [0.2, 0.25) is 5.02 Å². The number of carbonyl (C=O) groups excluding carboxylic acids is 1. The summed E-state index contributed by atoms with van der Waals surface area (Å²) in [5, 5.41) is 22.2. The van der Waals surface area contributed by atoms with Crippen LogP contribution in [0.15, 0.2) is 6.07 Å². The van der Waals surface area contributed by atoms with Gasteiger partial charge in [-0.05, 0) is 25.7 Å². The lowest BCUT2D eigenvalue weighted by Crippen LogP contribution is -2.07. The summed E-state index contributed by atoms with van der Waals surface area (Å²) in [5.41, 5.74) is -0.804. The summed E-state index contributed by atoms with van der Waals surface area (Å²) in [6.45, 7) is 2.53. The summed E-state index contributed by atoms with van der Waals surface area (Å²) < 4.78 is 0. The molecule has 0 atom stereocenters. The van der Waals surface area contributed by atoms with Gasteiger partial charge in [0.2, 0.25) is 0 Å². The van der Waals surface area contributed by atoms with E-state index in [1.165, 1.54) is 6.92 Å². The number of hydrogen-bond acceptors (Lipinski definition) is 4. The second-order valence-electron chi connectivity index (χ2n) is 3.02. The number of Topliss-reactive ketones (excluding diaryl/α,β-unsaturated/α-hetero) is 1. The molecule has 0 radical (unpaired) electrons. The molecule has 0 bridgehead atoms. The van der Waals surface area contributed by atoms with Crippen LogP contribution in [0.3, 0.4) is 0 Å². The van der Waals surface area contributed by atoms with Gasteiger partial charge in [-0.15, -0.1) is 0 Å². The number of carbonyl (C=O) groups is 1. The highest BCUT2D eigenvalue weighted by Gasteiger charge is 2.19. The lowest BCUT2D eigenvalue weighted by Gasteiger charge is -2.14. The van der Waals surface area contributed by atoms with E-state index in [9.17, 15) is 20.0 Å². The van der Waals surface area contributed by atoms with Gasteiger partial charge in [0.1, 0.15) is 0 Å². The standard InChI is InChI=1S/C9H8ClNO4/c1-4-7(10)3-6(5(2)12)9(13)8(4)11(14)15/h3,13H,1-2H3/p-1. The lowest BCUT2D eigenvalue weighted by molar-refractivity contribution is -0.398. The minimum atomic E-state index is -0.880. The second kappa shape index (κ2) is 3.86. The van der Waals surface area contributed by atoms with Crippen LogP contribution in [0.25, 0.3) is 0 Å². The zero-order valence-electron chi connectivity index (χ0n) is 8.04. The van der Waals surface area contributed by atoms with E-state index in [1.807, 2.05) is 0 Å². The Bertz CT molecular complexity index is 456. The molecule has 1 rings (SSSR count). The van der Waals surface area contributed by atoms with Gasteiger partial charge in [-0.3, -0.25) is 14.9 Å². The van der Waals surface area contributed by atoms with Crippen molar-refractivity contribution in [1.82, 2.24) is 0 Å². The molecule has 0 fully saturated rings. The maximum absolute atomic E-state index is 11.5. The smallest absolute Gasteiger partial charge is 0.266 e. The minimum absolute atomic E-state index is 0.0477. The molecule has 0 aromatic heterocycles. The van der Waals surface area contributed by atoms with Gasteiger partial charge in [0.25, 0.3) is 5.69 Å². The maximum atomic E-state index is 11.5. The average Bonchev–Trinajstić information content (AvgIpc) is 2.10. The van der Waals surface area contributed by atoms with Crippen LogP contribution in [-0.2, 0) is 0 Å².